The van der Waals surface area contributed by atoms with Gasteiger partial charge >= 0.3 is 0 Å². The molecule has 2 saturated carbocycles. The van der Waals surface area contributed by atoms with Gasteiger partial charge in [0.15, 0.2) is 0 Å². The number of hydrogen-bond donors (Lipinski definition) is 6. The first-order chi connectivity index (χ1) is 16.6. The summed E-state index contributed by atoms with van der Waals surface area (Å²) in [5.41, 5.74) is 6.95. The maximum atomic E-state index is 13.3. The first kappa shape index (κ1) is 25.3. The van der Waals surface area contributed by atoms with Crippen molar-refractivity contribution in [1.82, 2.24) is 37.0 Å². The molecule has 0 radical (unpaired) electrons. The first-order valence-electron chi connectivity index (χ1n) is 13.6. The molecule has 3 heterocycles. The van der Waals surface area contributed by atoms with Gasteiger partial charge in [-0.15, -0.1) is 0 Å². The molecule has 9 atom stereocenters. The third-order valence-electron chi connectivity index (χ3n) is 8.86. The van der Waals surface area contributed by atoms with Crippen molar-refractivity contribution in [1.29, 1.82) is 0 Å². The van der Waals surface area contributed by atoms with E-state index in [2.05, 4.69) is 60.0 Å². The topological polar surface area (TPSA) is 102 Å². The average Bonchev–Trinajstić information content (AvgIpc) is 3.24. The number of nitrogens with zero attached hydrogens (tertiary/aromatic N) is 1. The Kier molecular flexibility index (Phi) is 8.80. The van der Waals surface area contributed by atoms with Gasteiger partial charge in [-0.3, -0.25) is 15.0 Å². The van der Waals surface area contributed by atoms with E-state index in [9.17, 15) is 4.79 Å². The number of halogens is 1. The number of carbonyl (C=O) groups is 1. The lowest BCUT2D eigenvalue weighted by Gasteiger charge is -2.44. The van der Waals surface area contributed by atoms with Gasteiger partial charge in [-0.2, -0.15) is 0 Å². The molecule has 0 aromatic rings. The van der Waals surface area contributed by atoms with Crippen LogP contribution in [-0.2, 0) is 9.53 Å². The predicted octanol–water partition coefficient (Wildman–Crippen LogP) is 0.573. The Morgan fingerprint density at radius 1 is 1.12 bits per heavy atom. The van der Waals surface area contributed by atoms with Gasteiger partial charge in [0.05, 0.1) is 18.4 Å². The molecule has 3 aliphatic heterocycles. The van der Waals surface area contributed by atoms with Gasteiger partial charge in [-0.05, 0) is 58.5 Å². The molecule has 9 nitrogen and oxygen atoms in total. The Hall–Kier alpha value is -0.330. The normalized spacial score (nSPS) is 43.9. The average molecular weight is 543 g/mol. The summed E-state index contributed by atoms with van der Waals surface area (Å²) in [5, 5.41) is 14.2. The van der Waals surface area contributed by atoms with Crippen LogP contribution in [0.4, 0.5) is 0 Å². The van der Waals surface area contributed by atoms with Crippen LogP contribution in [0.15, 0.2) is 0 Å². The summed E-state index contributed by atoms with van der Waals surface area (Å²) in [5.74, 6) is 0.839. The van der Waals surface area contributed by atoms with E-state index in [0.29, 0.717) is 29.0 Å². The van der Waals surface area contributed by atoms with E-state index in [-0.39, 0.29) is 30.1 Å². The van der Waals surface area contributed by atoms with Crippen molar-refractivity contribution in [2.75, 3.05) is 33.4 Å². The molecule has 3 saturated heterocycles. The zero-order valence-electron chi connectivity index (χ0n) is 20.5. The standard InChI is InChI=1S/C24H44BrN7O2/c1-32-21(30-31-23(32)20-8-10-26-14-28-20)13-27-16-5-2-4-15(12-16)24(33)29-19-9-11-34-22-17(19)6-3-7-18(22)25/h15-23,26-28,30-31H,2-14H2,1H3,(H,29,33)/t15?,16?,17?,18?,19-,20?,21?,22?,23?/m0/s1. The smallest absolute Gasteiger partial charge is 0.223 e. The van der Waals surface area contributed by atoms with Crippen LogP contribution in [0.3, 0.4) is 0 Å². The fraction of sp³-hybridized carbons (Fsp3) is 0.958. The number of amides is 1. The number of carbonyl (C=O) groups excluding carboxylic acids is 1. The van der Waals surface area contributed by atoms with Crippen molar-refractivity contribution in [3.63, 3.8) is 0 Å². The van der Waals surface area contributed by atoms with Gasteiger partial charge in [0, 0.05) is 54.6 Å². The summed E-state index contributed by atoms with van der Waals surface area (Å²) < 4.78 is 6.07. The minimum Gasteiger partial charge on any atom is -0.377 e. The van der Waals surface area contributed by atoms with Crippen molar-refractivity contribution < 1.29 is 9.53 Å². The largest absolute Gasteiger partial charge is 0.377 e. The van der Waals surface area contributed by atoms with Gasteiger partial charge in [-0.25, -0.2) is 10.9 Å². The number of nitrogens with one attached hydrogen (secondary N) is 6. The molecule has 5 fully saturated rings. The van der Waals surface area contributed by atoms with Gasteiger partial charge in [0.2, 0.25) is 5.91 Å². The number of ether oxygens (including phenoxy) is 1. The number of rotatable bonds is 6. The molecule has 5 aliphatic rings. The highest BCUT2D eigenvalue weighted by molar-refractivity contribution is 9.09. The second kappa shape index (κ2) is 11.8. The van der Waals surface area contributed by atoms with Crippen molar-refractivity contribution in [2.24, 2.45) is 11.8 Å². The SMILES string of the molecule is CN1C(CNC2CCCC(C(=O)N[C@H]3CCOC4C(Br)CCCC43)C2)NNC1C1CCNCN1. The van der Waals surface area contributed by atoms with Gasteiger partial charge < -0.3 is 20.7 Å². The van der Waals surface area contributed by atoms with Gasteiger partial charge in [0.1, 0.15) is 0 Å². The molecule has 34 heavy (non-hydrogen) atoms. The van der Waals surface area contributed by atoms with Crippen molar-refractivity contribution in [2.45, 2.75) is 99.2 Å². The number of fused-ring (bicyclic) bond motifs is 1. The molecule has 5 rings (SSSR count). The zero-order valence-corrected chi connectivity index (χ0v) is 22.1. The highest BCUT2D eigenvalue weighted by Crippen LogP contribution is 2.37. The van der Waals surface area contributed by atoms with Crippen LogP contribution in [0, 0.1) is 11.8 Å². The molecule has 8 unspecified atom stereocenters. The number of alkyl halides is 1. The van der Waals surface area contributed by atoms with Crippen LogP contribution in [0.2, 0.25) is 0 Å². The summed E-state index contributed by atoms with van der Waals surface area (Å²) >= 11 is 3.82. The van der Waals surface area contributed by atoms with E-state index >= 15 is 0 Å². The molecule has 6 N–H and O–H groups in total. The summed E-state index contributed by atoms with van der Waals surface area (Å²) in [7, 11) is 2.19. The van der Waals surface area contributed by atoms with E-state index in [0.717, 1.165) is 71.3 Å². The van der Waals surface area contributed by atoms with Crippen LogP contribution in [-0.4, -0.2) is 85.6 Å². The molecule has 2 aliphatic carbocycles. The predicted molar refractivity (Wildman–Crippen MR) is 136 cm³/mol. The molecule has 0 spiro atoms. The second-order valence-electron chi connectivity index (χ2n) is 11.0. The lowest BCUT2D eigenvalue weighted by atomic mass is 9.78. The minimum absolute atomic E-state index is 0.120. The molecular formula is C24H44BrN7O2. The summed E-state index contributed by atoms with van der Waals surface area (Å²) in [6.07, 6.45) is 10.6. The maximum Gasteiger partial charge on any atom is 0.223 e. The van der Waals surface area contributed by atoms with E-state index in [1.165, 1.54) is 12.8 Å². The Labute approximate surface area is 212 Å². The monoisotopic (exact) mass is 541 g/mol. The molecule has 10 heteroatoms. The van der Waals surface area contributed by atoms with Crippen molar-refractivity contribution in [3.05, 3.63) is 0 Å². The molecular weight excluding hydrogens is 498 g/mol. The summed E-state index contributed by atoms with van der Waals surface area (Å²) in [6, 6.07) is 1.11. The minimum atomic E-state index is 0.120. The van der Waals surface area contributed by atoms with E-state index in [1.807, 2.05) is 0 Å². The quantitative estimate of drug-likeness (QED) is 0.271. The van der Waals surface area contributed by atoms with E-state index < -0.39 is 0 Å². The van der Waals surface area contributed by atoms with Gasteiger partial charge in [-0.1, -0.05) is 28.8 Å². The zero-order chi connectivity index (χ0) is 23.5. The lowest BCUT2D eigenvalue weighted by molar-refractivity contribution is -0.130. The van der Waals surface area contributed by atoms with Crippen LogP contribution >= 0.6 is 15.9 Å². The van der Waals surface area contributed by atoms with Crippen LogP contribution in [0.25, 0.3) is 0 Å². The van der Waals surface area contributed by atoms with Crippen LogP contribution < -0.4 is 32.1 Å². The van der Waals surface area contributed by atoms with Crippen LogP contribution in [0.1, 0.15) is 57.8 Å². The highest BCUT2D eigenvalue weighted by atomic mass is 79.9. The second-order valence-corrected chi connectivity index (χ2v) is 12.2. The fourth-order valence-corrected chi connectivity index (χ4v) is 7.67. The molecule has 194 valence electrons. The first-order valence-corrected chi connectivity index (χ1v) is 14.5. The van der Waals surface area contributed by atoms with Crippen molar-refractivity contribution in [3.8, 4) is 0 Å². The maximum absolute atomic E-state index is 13.3. The van der Waals surface area contributed by atoms with Crippen molar-refractivity contribution >= 4 is 21.8 Å². The Morgan fingerprint density at radius 2 is 2.00 bits per heavy atom. The van der Waals surface area contributed by atoms with E-state index in [4.69, 9.17) is 4.74 Å². The summed E-state index contributed by atoms with van der Waals surface area (Å²) in [4.78, 5) is 16.1. The highest BCUT2D eigenvalue weighted by Gasteiger charge is 2.42. The molecule has 0 aromatic carbocycles. The number of hydrogen-bond acceptors (Lipinski definition) is 8. The molecule has 1 amide bonds. The summed E-state index contributed by atoms with van der Waals surface area (Å²) in [6.45, 7) is 3.56. The van der Waals surface area contributed by atoms with Crippen LogP contribution in [0.5, 0.6) is 0 Å². The van der Waals surface area contributed by atoms with Gasteiger partial charge in [0.25, 0.3) is 0 Å². The Balaban J connectivity index is 1.08. The van der Waals surface area contributed by atoms with E-state index in [1.54, 1.807) is 0 Å². The third-order valence-corrected chi connectivity index (χ3v) is 9.83. The number of hydrazine groups is 1. The third kappa shape index (κ3) is 5.80. The Morgan fingerprint density at radius 3 is 2.85 bits per heavy atom. The fourth-order valence-electron chi connectivity index (χ4n) is 6.80. The molecule has 0 bridgehead atoms. The lowest BCUT2D eigenvalue weighted by Crippen LogP contribution is -2.58. The Bertz CT molecular complexity index is 682. The molecule has 0 aromatic heterocycles. The number of likely N-dealkylation sites (N-methyl/N-ethyl adjacent to an activating group) is 1.